The van der Waals surface area contributed by atoms with Crippen molar-refractivity contribution in [3.63, 3.8) is 0 Å². The van der Waals surface area contributed by atoms with E-state index in [1.807, 2.05) is 0 Å². The molecule has 0 aromatic heterocycles. The Kier molecular flexibility index (Phi) is 9.15. The highest BCUT2D eigenvalue weighted by Crippen LogP contribution is 2.09. The normalized spacial score (nSPS) is 13.2. The van der Waals surface area contributed by atoms with Crippen LogP contribution in [0.4, 0.5) is 0 Å². The van der Waals surface area contributed by atoms with E-state index in [0.29, 0.717) is 0 Å². The van der Waals surface area contributed by atoms with Crippen molar-refractivity contribution in [1.82, 2.24) is 0 Å². The van der Waals surface area contributed by atoms with E-state index >= 15 is 0 Å². The molecule has 124 valence electrons. The van der Waals surface area contributed by atoms with E-state index in [9.17, 15) is 24.5 Å². The number of carbonyl (C=O) groups excluding carboxylic acids is 3. The third-order valence-corrected chi connectivity index (χ3v) is 2.24. The summed E-state index contributed by atoms with van der Waals surface area (Å²) in [6.45, 7) is 2.91. The van der Waals surface area contributed by atoms with E-state index in [1.165, 1.54) is 19.1 Å². The van der Waals surface area contributed by atoms with Gasteiger partial charge in [0, 0.05) is 32.1 Å². The molecule has 0 fully saturated rings. The number of nitrogens with zero attached hydrogens (tertiary/aromatic N) is 1. The predicted molar refractivity (Wildman–Crippen MR) is 73.4 cm³/mol. The zero-order valence-corrected chi connectivity index (χ0v) is 12.6. The van der Waals surface area contributed by atoms with Crippen molar-refractivity contribution in [2.45, 2.75) is 39.4 Å². The summed E-state index contributed by atoms with van der Waals surface area (Å²) in [6, 6.07) is 0. The third kappa shape index (κ3) is 10.4. The summed E-state index contributed by atoms with van der Waals surface area (Å²) in [5.74, 6) is -1.87. The molecule has 0 aliphatic rings. The zero-order valence-electron chi connectivity index (χ0n) is 12.6. The van der Waals surface area contributed by atoms with Gasteiger partial charge in [-0.2, -0.15) is 0 Å². The molecule has 9 nitrogen and oxygen atoms in total. The third-order valence-electron chi connectivity index (χ3n) is 2.24. The van der Waals surface area contributed by atoms with Crippen molar-refractivity contribution >= 4 is 17.9 Å². The summed E-state index contributed by atoms with van der Waals surface area (Å²) >= 11 is 0. The van der Waals surface area contributed by atoms with Crippen LogP contribution in [0.1, 0.15) is 27.2 Å². The van der Waals surface area contributed by atoms with Crippen molar-refractivity contribution in [2.75, 3.05) is 13.2 Å². The van der Waals surface area contributed by atoms with E-state index in [0.717, 1.165) is 13.8 Å². The van der Waals surface area contributed by atoms with E-state index < -0.39 is 35.0 Å². The number of ether oxygens (including phenoxy) is 3. The molecule has 0 rings (SSSR count). The molecule has 0 unspecified atom stereocenters. The van der Waals surface area contributed by atoms with E-state index in [4.69, 9.17) is 14.2 Å². The molecule has 0 saturated carbocycles. The summed E-state index contributed by atoms with van der Waals surface area (Å²) < 4.78 is 14.7. The molecular formula is C13H19NO8. The van der Waals surface area contributed by atoms with Gasteiger partial charge >= 0.3 is 17.9 Å². The Hall–Kier alpha value is -2.45. The van der Waals surface area contributed by atoms with Crippen molar-refractivity contribution < 1.29 is 33.5 Å². The molecule has 0 aliphatic heterocycles. The van der Waals surface area contributed by atoms with E-state index in [1.54, 1.807) is 0 Å². The first-order valence-electron chi connectivity index (χ1n) is 6.48. The minimum atomic E-state index is -1.03. The predicted octanol–water partition coefficient (Wildman–Crippen LogP) is 0.636. The first-order valence-corrected chi connectivity index (χ1v) is 6.48. The van der Waals surface area contributed by atoms with Gasteiger partial charge in [-0.15, -0.1) is 0 Å². The summed E-state index contributed by atoms with van der Waals surface area (Å²) in [5.41, 5.74) is 0. The molecule has 0 heterocycles. The Morgan fingerprint density at radius 3 is 2.14 bits per heavy atom. The van der Waals surface area contributed by atoms with Crippen LogP contribution in [0.25, 0.3) is 0 Å². The highest BCUT2D eigenvalue weighted by atomic mass is 16.6. The number of rotatable bonds is 9. The Bertz CT molecular complexity index is 445. The smallest absolute Gasteiger partial charge is 0.303 e. The standard InChI is InChI=1S/C13H19NO8/c1-9(15)20-8-13(22-11(3)17)12(21-10(2)16)6-4-5-7-14(18)19/h4,6,12-13H,5,7-8H2,1-3H3/b6-4+/t12-,13-/m1/s1. The molecule has 0 aromatic rings. The fourth-order valence-corrected chi connectivity index (χ4v) is 1.45. The number of nitro groups is 1. The van der Waals surface area contributed by atoms with Gasteiger partial charge in [0.1, 0.15) is 6.61 Å². The molecule has 0 saturated heterocycles. The monoisotopic (exact) mass is 317 g/mol. The van der Waals surface area contributed by atoms with Gasteiger partial charge < -0.3 is 14.2 Å². The highest BCUT2D eigenvalue weighted by Gasteiger charge is 2.26. The van der Waals surface area contributed by atoms with Crippen molar-refractivity contribution in [1.29, 1.82) is 0 Å². The Morgan fingerprint density at radius 1 is 1.09 bits per heavy atom. The van der Waals surface area contributed by atoms with Gasteiger partial charge in [0.05, 0.1) is 0 Å². The van der Waals surface area contributed by atoms with Crippen LogP contribution >= 0.6 is 0 Å². The van der Waals surface area contributed by atoms with Gasteiger partial charge in [-0.05, 0) is 6.08 Å². The molecule has 0 spiro atoms. The molecule has 2 atom stereocenters. The van der Waals surface area contributed by atoms with Crippen LogP contribution in [0.15, 0.2) is 12.2 Å². The average molecular weight is 317 g/mol. The largest absolute Gasteiger partial charge is 0.462 e. The average Bonchev–Trinajstić information content (AvgIpc) is 2.36. The molecule has 9 heteroatoms. The minimum absolute atomic E-state index is 0.116. The lowest BCUT2D eigenvalue weighted by Crippen LogP contribution is -2.37. The van der Waals surface area contributed by atoms with Gasteiger partial charge in [-0.1, -0.05) is 6.08 Å². The van der Waals surface area contributed by atoms with Crippen molar-refractivity contribution in [3.8, 4) is 0 Å². The second-order valence-corrected chi connectivity index (χ2v) is 4.30. The lowest BCUT2D eigenvalue weighted by atomic mass is 10.2. The topological polar surface area (TPSA) is 122 Å². The minimum Gasteiger partial charge on any atom is -0.462 e. The molecule has 0 aliphatic carbocycles. The molecule has 0 amide bonds. The molecule has 0 aromatic carbocycles. The van der Waals surface area contributed by atoms with Crippen LogP contribution < -0.4 is 0 Å². The first kappa shape index (κ1) is 19.6. The van der Waals surface area contributed by atoms with Gasteiger partial charge in [0.25, 0.3) is 0 Å². The second kappa shape index (κ2) is 10.3. The summed E-state index contributed by atoms with van der Waals surface area (Å²) in [5, 5.41) is 10.2. The fraction of sp³-hybridized carbons (Fsp3) is 0.615. The van der Waals surface area contributed by atoms with Crippen LogP contribution in [-0.2, 0) is 28.6 Å². The van der Waals surface area contributed by atoms with Gasteiger partial charge in [0.2, 0.25) is 6.54 Å². The van der Waals surface area contributed by atoms with Crippen molar-refractivity contribution in [3.05, 3.63) is 22.3 Å². The molecule has 0 bridgehead atoms. The molecular weight excluding hydrogens is 298 g/mol. The highest BCUT2D eigenvalue weighted by molar-refractivity contribution is 5.68. The zero-order chi connectivity index (χ0) is 17.1. The summed E-state index contributed by atoms with van der Waals surface area (Å²) in [6.07, 6.45) is 0.873. The van der Waals surface area contributed by atoms with Gasteiger partial charge in [-0.25, -0.2) is 0 Å². The Labute approximate surface area is 127 Å². The quantitative estimate of drug-likeness (QED) is 0.199. The number of hydrogen-bond acceptors (Lipinski definition) is 8. The Balaban J connectivity index is 4.92. The number of carbonyl (C=O) groups is 3. The lowest BCUT2D eigenvalue weighted by Gasteiger charge is -2.23. The SMILES string of the molecule is CC(=O)OC[C@@H](OC(C)=O)[C@@H](/C=C/CC[N+](=O)[O-])OC(C)=O. The van der Waals surface area contributed by atoms with Crippen LogP contribution in [0.3, 0.4) is 0 Å². The van der Waals surface area contributed by atoms with E-state index in [-0.39, 0.29) is 19.6 Å². The second-order valence-electron chi connectivity index (χ2n) is 4.30. The van der Waals surface area contributed by atoms with Crippen LogP contribution in [-0.4, -0.2) is 48.2 Å². The molecule has 0 radical (unpaired) electrons. The lowest BCUT2D eigenvalue weighted by molar-refractivity contribution is -0.478. The van der Waals surface area contributed by atoms with E-state index in [2.05, 4.69) is 0 Å². The summed E-state index contributed by atoms with van der Waals surface area (Å²) in [7, 11) is 0. The van der Waals surface area contributed by atoms with Gasteiger partial charge in [0.15, 0.2) is 12.2 Å². The first-order chi connectivity index (χ1) is 10.2. The van der Waals surface area contributed by atoms with Crippen LogP contribution in [0.5, 0.6) is 0 Å². The number of hydrogen-bond donors (Lipinski definition) is 0. The summed E-state index contributed by atoms with van der Waals surface area (Å²) in [4.78, 5) is 42.8. The van der Waals surface area contributed by atoms with Crippen LogP contribution in [0, 0.1) is 10.1 Å². The fourth-order valence-electron chi connectivity index (χ4n) is 1.45. The van der Waals surface area contributed by atoms with Gasteiger partial charge in [-0.3, -0.25) is 24.5 Å². The maximum absolute atomic E-state index is 11.1. The molecule has 0 N–H and O–H groups in total. The Morgan fingerprint density at radius 2 is 1.68 bits per heavy atom. The number of esters is 3. The molecule has 22 heavy (non-hydrogen) atoms. The maximum Gasteiger partial charge on any atom is 0.303 e. The van der Waals surface area contributed by atoms with Crippen LogP contribution in [0.2, 0.25) is 0 Å². The van der Waals surface area contributed by atoms with Crippen molar-refractivity contribution in [2.24, 2.45) is 0 Å². The maximum atomic E-state index is 11.1.